The lowest BCUT2D eigenvalue weighted by molar-refractivity contribution is -0.137. The summed E-state index contributed by atoms with van der Waals surface area (Å²) in [6.07, 6.45) is -3.80. The fourth-order valence-corrected chi connectivity index (χ4v) is 3.81. The summed E-state index contributed by atoms with van der Waals surface area (Å²) in [5.41, 5.74) is 1.42. The second-order valence-corrected chi connectivity index (χ2v) is 7.41. The van der Waals surface area contributed by atoms with Crippen LogP contribution in [-0.4, -0.2) is 31.2 Å². The highest BCUT2D eigenvalue weighted by atomic mass is 32.2. The highest BCUT2D eigenvalue weighted by Crippen LogP contribution is 2.31. The van der Waals surface area contributed by atoms with Crippen molar-refractivity contribution in [1.82, 2.24) is 19.6 Å². The van der Waals surface area contributed by atoms with Crippen molar-refractivity contribution < 1.29 is 18.0 Å². The second kappa shape index (κ2) is 7.94. The first-order valence-electron chi connectivity index (χ1n) is 9.09. The molecule has 0 aliphatic rings. The molecule has 2 heterocycles. The van der Waals surface area contributed by atoms with Gasteiger partial charge in [0, 0.05) is 12.1 Å². The van der Waals surface area contributed by atoms with Crippen molar-refractivity contribution >= 4 is 40.0 Å². The van der Waals surface area contributed by atoms with E-state index in [4.69, 9.17) is 0 Å². The molecule has 1 N–H and O–H groups in total. The minimum atomic E-state index is -4.47. The maximum atomic E-state index is 12.8. The van der Waals surface area contributed by atoms with Gasteiger partial charge in [0.2, 0.25) is 5.91 Å². The van der Waals surface area contributed by atoms with Gasteiger partial charge in [-0.25, -0.2) is 4.98 Å². The molecule has 2 aromatic carbocycles. The van der Waals surface area contributed by atoms with Gasteiger partial charge in [-0.15, -0.1) is 10.2 Å². The van der Waals surface area contributed by atoms with Crippen molar-refractivity contribution in [3.8, 4) is 0 Å². The summed E-state index contributed by atoms with van der Waals surface area (Å²) in [5.74, 6) is 0.299. The molecule has 4 rings (SSSR count). The maximum Gasteiger partial charge on any atom is 0.416 e. The zero-order chi connectivity index (χ0) is 21.3. The predicted molar refractivity (Wildman–Crippen MR) is 108 cm³/mol. The van der Waals surface area contributed by atoms with E-state index in [-0.39, 0.29) is 11.4 Å². The summed E-state index contributed by atoms with van der Waals surface area (Å²) in [7, 11) is 0. The largest absolute Gasteiger partial charge is 0.416 e. The number of hydrogen-bond acceptors (Lipinski definition) is 5. The first kappa shape index (κ1) is 20.1. The number of rotatable bonds is 5. The van der Waals surface area contributed by atoms with Crippen LogP contribution in [0, 0.1) is 0 Å². The first-order chi connectivity index (χ1) is 14.4. The Morgan fingerprint density at radius 3 is 2.70 bits per heavy atom. The van der Waals surface area contributed by atoms with Gasteiger partial charge in [0.1, 0.15) is 10.9 Å². The molecule has 0 unspecified atom stereocenters. The monoisotopic (exact) mass is 431 g/mol. The lowest BCUT2D eigenvalue weighted by Crippen LogP contribution is -2.15. The molecule has 0 aliphatic heterocycles. The predicted octanol–water partition coefficient (Wildman–Crippen LogP) is 4.59. The van der Waals surface area contributed by atoms with Crippen LogP contribution in [-0.2, 0) is 17.4 Å². The summed E-state index contributed by atoms with van der Waals surface area (Å²) in [6.45, 7) is 1.97. The first-order valence-corrected chi connectivity index (χ1v) is 10.1. The highest BCUT2D eigenvalue weighted by molar-refractivity contribution is 8.00. The zero-order valence-electron chi connectivity index (χ0n) is 15.8. The molecule has 6 nitrogen and oxygen atoms in total. The average Bonchev–Trinajstić information content (AvgIpc) is 3.16. The van der Waals surface area contributed by atoms with Crippen molar-refractivity contribution in [2.75, 3.05) is 11.1 Å². The van der Waals surface area contributed by atoms with Crippen LogP contribution in [0.25, 0.3) is 16.7 Å². The Hall–Kier alpha value is -3.14. The van der Waals surface area contributed by atoms with Crippen molar-refractivity contribution in [2.45, 2.75) is 24.5 Å². The van der Waals surface area contributed by atoms with Gasteiger partial charge in [-0.2, -0.15) is 13.2 Å². The Kier molecular flexibility index (Phi) is 5.33. The van der Waals surface area contributed by atoms with Crippen LogP contribution in [0.5, 0.6) is 0 Å². The van der Waals surface area contributed by atoms with E-state index < -0.39 is 17.6 Å². The Morgan fingerprint density at radius 1 is 1.13 bits per heavy atom. The van der Waals surface area contributed by atoms with Crippen LogP contribution in [0.1, 0.15) is 18.3 Å². The molecular weight excluding hydrogens is 415 g/mol. The van der Waals surface area contributed by atoms with Crippen LogP contribution in [0.3, 0.4) is 0 Å². The standard InChI is InChI=1S/C20H16F3N5OS/c1-2-16-26-27-18-19(25-14-8-3-4-9-15(14)28(16)18)30-11-17(29)24-13-7-5-6-12(10-13)20(21,22)23/h3-10H,2,11H2,1H3,(H,24,29). The number of aryl methyl sites for hydroxylation is 1. The van der Waals surface area contributed by atoms with Gasteiger partial charge < -0.3 is 5.32 Å². The number of carbonyl (C=O) groups excluding carboxylic acids is 1. The Morgan fingerprint density at radius 2 is 1.93 bits per heavy atom. The molecule has 154 valence electrons. The van der Waals surface area contributed by atoms with Crippen molar-refractivity contribution in [3.05, 3.63) is 59.9 Å². The number of alkyl halides is 3. The third kappa shape index (κ3) is 3.95. The molecule has 10 heteroatoms. The molecule has 30 heavy (non-hydrogen) atoms. The summed E-state index contributed by atoms with van der Waals surface area (Å²) < 4.78 is 40.4. The number of thioether (sulfide) groups is 1. The van der Waals surface area contributed by atoms with Crippen molar-refractivity contribution in [3.63, 3.8) is 0 Å². The Bertz CT molecular complexity index is 1240. The van der Waals surface area contributed by atoms with Crippen LogP contribution in [0.15, 0.2) is 53.6 Å². The van der Waals surface area contributed by atoms with Gasteiger partial charge in [0.05, 0.1) is 22.3 Å². The number of halogens is 3. The van der Waals surface area contributed by atoms with Crippen molar-refractivity contribution in [1.29, 1.82) is 0 Å². The number of fused-ring (bicyclic) bond motifs is 3. The number of anilines is 1. The second-order valence-electron chi connectivity index (χ2n) is 6.45. The number of benzene rings is 2. The van der Waals surface area contributed by atoms with Gasteiger partial charge in [0.25, 0.3) is 0 Å². The number of nitrogens with one attached hydrogen (secondary N) is 1. The molecule has 1 amide bonds. The molecule has 0 spiro atoms. The fraction of sp³-hybridized carbons (Fsp3) is 0.200. The molecular formula is C20H16F3N5OS. The van der Waals surface area contributed by atoms with Crippen LogP contribution in [0.4, 0.5) is 18.9 Å². The molecule has 0 saturated heterocycles. The van der Waals surface area contributed by atoms with E-state index in [1.54, 1.807) is 0 Å². The molecule has 0 aliphatic carbocycles. The normalized spacial score (nSPS) is 11.9. The highest BCUT2D eigenvalue weighted by Gasteiger charge is 2.30. The third-order valence-electron chi connectivity index (χ3n) is 4.40. The van der Waals surface area contributed by atoms with E-state index in [0.717, 1.165) is 40.8 Å². The summed E-state index contributed by atoms with van der Waals surface area (Å²) >= 11 is 1.16. The Balaban J connectivity index is 1.56. The number of para-hydroxylation sites is 2. The number of carbonyl (C=O) groups is 1. The molecule has 0 saturated carbocycles. The lowest BCUT2D eigenvalue weighted by Gasteiger charge is -2.10. The molecule has 4 aromatic rings. The van der Waals surface area contributed by atoms with Gasteiger partial charge in [-0.1, -0.05) is 36.9 Å². The lowest BCUT2D eigenvalue weighted by atomic mass is 10.2. The maximum absolute atomic E-state index is 12.8. The van der Waals surface area contributed by atoms with E-state index in [1.807, 2.05) is 35.6 Å². The van der Waals surface area contributed by atoms with Gasteiger partial charge >= 0.3 is 6.18 Å². The minimum Gasteiger partial charge on any atom is -0.325 e. The SMILES string of the molecule is CCc1nnc2c(SCC(=O)Nc3cccc(C(F)(F)F)c3)nc3ccccc3n12. The number of aromatic nitrogens is 4. The fourth-order valence-electron chi connectivity index (χ4n) is 3.05. The van der Waals surface area contributed by atoms with Crippen LogP contribution < -0.4 is 5.32 Å². The molecule has 0 atom stereocenters. The van der Waals surface area contributed by atoms with Gasteiger partial charge in [0.15, 0.2) is 5.65 Å². The van der Waals surface area contributed by atoms with Crippen LogP contribution in [0.2, 0.25) is 0 Å². The molecule has 0 bridgehead atoms. The molecule has 0 fully saturated rings. The quantitative estimate of drug-likeness (QED) is 0.468. The molecule has 2 aromatic heterocycles. The van der Waals surface area contributed by atoms with E-state index in [9.17, 15) is 18.0 Å². The van der Waals surface area contributed by atoms with E-state index >= 15 is 0 Å². The van der Waals surface area contributed by atoms with Crippen molar-refractivity contribution in [2.24, 2.45) is 0 Å². The topological polar surface area (TPSA) is 72.2 Å². The van der Waals surface area contributed by atoms with E-state index in [0.29, 0.717) is 17.1 Å². The smallest absolute Gasteiger partial charge is 0.325 e. The van der Waals surface area contributed by atoms with E-state index in [2.05, 4.69) is 20.5 Å². The van der Waals surface area contributed by atoms with Gasteiger partial charge in [-0.3, -0.25) is 9.20 Å². The molecule has 0 radical (unpaired) electrons. The van der Waals surface area contributed by atoms with Gasteiger partial charge in [-0.05, 0) is 30.3 Å². The average molecular weight is 431 g/mol. The van der Waals surface area contributed by atoms with Crippen LogP contribution >= 0.6 is 11.8 Å². The summed E-state index contributed by atoms with van der Waals surface area (Å²) in [4.78, 5) is 16.9. The number of nitrogens with zero attached hydrogens (tertiary/aromatic N) is 4. The summed E-state index contributed by atoms with van der Waals surface area (Å²) in [6, 6.07) is 12.1. The van der Waals surface area contributed by atoms with E-state index in [1.165, 1.54) is 12.1 Å². The Labute approximate surface area is 173 Å². The minimum absolute atomic E-state index is 0.0361. The number of hydrogen-bond donors (Lipinski definition) is 1. The zero-order valence-corrected chi connectivity index (χ0v) is 16.6. The third-order valence-corrected chi connectivity index (χ3v) is 5.35. The number of amides is 1. The summed E-state index contributed by atoms with van der Waals surface area (Å²) in [5, 5.41) is 11.4.